The number of rotatable bonds is 9. The fourth-order valence-corrected chi connectivity index (χ4v) is 6.59. The molecular weight excluding hydrogens is 651 g/mol. The van der Waals surface area contributed by atoms with Gasteiger partial charge in [-0.15, -0.1) is 0 Å². The number of aryl methyl sites for hydroxylation is 1. The smallest absolute Gasteiger partial charge is 0.206 e. The van der Waals surface area contributed by atoms with Crippen LogP contribution in [0.4, 0.5) is 5.69 Å². The van der Waals surface area contributed by atoms with Crippen LogP contribution in [0.5, 0.6) is 5.75 Å². The number of aromatic nitrogens is 2. The minimum Gasteiger partial charge on any atom is -0.491 e. The largest absolute Gasteiger partial charge is 0.491 e. The molecule has 0 spiro atoms. The van der Waals surface area contributed by atoms with Crippen LogP contribution in [0.1, 0.15) is 16.8 Å². The number of alkyl halides is 1. The Morgan fingerprint density at radius 2 is 1.74 bits per heavy atom. The van der Waals surface area contributed by atoms with Crippen molar-refractivity contribution >= 4 is 44.8 Å². The number of hydrogen-bond acceptors (Lipinski definition) is 7. The number of ether oxygens (including phenoxy) is 3. The van der Waals surface area contributed by atoms with Gasteiger partial charge in [0.2, 0.25) is 5.79 Å². The molecule has 0 saturated carbocycles. The van der Waals surface area contributed by atoms with Crippen LogP contribution in [0.2, 0.25) is 10.0 Å². The zero-order valence-corrected chi connectivity index (χ0v) is 27.0. The summed E-state index contributed by atoms with van der Waals surface area (Å²) in [4.78, 5) is 13.8. The molecule has 0 N–H and O–H groups in total. The molecule has 2 aliphatic rings. The van der Waals surface area contributed by atoms with E-state index in [1.54, 1.807) is 12.1 Å². The van der Waals surface area contributed by atoms with E-state index in [1.807, 2.05) is 37.4 Å². The van der Waals surface area contributed by atoms with Crippen molar-refractivity contribution in [2.75, 3.05) is 49.6 Å². The molecule has 224 valence electrons. The van der Waals surface area contributed by atoms with Crippen molar-refractivity contribution in [2.45, 2.75) is 25.4 Å². The Hall–Kier alpha value is -2.72. The van der Waals surface area contributed by atoms with E-state index in [1.165, 1.54) is 11.3 Å². The van der Waals surface area contributed by atoms with E-state index < -0.39 is 5.79 Å². The maximum Gasteiger partial charge on any atom is 0.206 e. The van der Waals surface area contributed by atoms with E-state index in [0.717, 1.165) is 61.1 Å². The lowest BCUT2D eigenvalue weighted by Crippen LogP contribution is -2.45. The van der Waals surface area contributed by atoms with Gasteiger partial charge < -0.3 is 19.1 Å². The number of nitrogens with zero attached hydrogens (tertiary/aromatic N) is 4. The minimum atomic E-state index is -0.971. The Labute approximate surface area is 270 Å². The van der Waals surface area contributed by atoms with Crippen molar-refractivity contribution in [3.8, 4) is 17.1 Å². The van der Waals surface area contributed by atoms with Crippen LogP contribution in [-0.4, -0.2) is 65.7 Å². The molecule has 0 radical (unpaired) electrons. The van der Waals surface area contributed by atoms with E-state index in [2.05, 4.69) is 72.1 Å². The molecule has 4 aromatic rings. The summed E-state index contributed by atoms with van der Waals surface area (Å²) < 4.78 is 18.4. The minimum absolute atomic E-state index is 0.232. The summed E-state index contributed by atoms with van der Waals surface area (Å²) in [6.07, 6.45) is 1.57. The van der Waals surface area contributed by atoms with E-state index in [-0.39, 0.29) is 6.10 Å². The van der Waals surface area contributed by atoms with Crippen LogP contribution in [0.25, 0.3) is 11.4 Å². The summed E-state index contributed by atoms with van der Waals surface area (Å²) in [6, 6.07) is 24.1. The summed E-state index contributed by atoms with van der Waals surface area (Å²) >= 11 is 16.0. The zero-order valence-electron chi connectivity index (χ0n) is 23.9. The quantitative estimate of drug-likeness (QED) is 0.174. The summed E-state index contributed by atoms with van der Waals surface area (Å²) in [5.41, 5.74) is 5.26. The van der Waals surface area contributed by atoms with Crippen LogP contribution >= 0.6 is 39.1 Å². The second kappa shape index (κ2) is 13.5. The second-order valence-corrected chi connectivity index (χ2v) is 12.3. The van der Waals surface area contributed by atoms with Crippen molar-refractivity contribution in [3.05, 3.63) is 106 Å². The molecular formula is C33H33BrCl2N4O3. The second-order valence-electron chi connectivity index (χ2n) is 10.8. The van der Waals surface area contributed by atoms with Crippen LogP contribution < -0.4 is 9.64 Å². The van der Waals surface area contributed by atoms with Gasteiger partial charge in [-0.05, 0) is 55.0 Å². The van der Waals surface area contributed by atoms with Gasteiger partial charge in [-0.25, -0.2) is 9.97 Å². The molecule has 0 aliphatic carbocycles. The van der Waals surface area contributed by atoms with E-state index in [0.29, 0.717) is 28.6 Å². The zero-order chi connectivity index (χ0) is 29.8. The molecule has 7 nitrogen and oxygen atoms in total. The number of anilines is 1. The molecule has 10 heteroatoms. The van der Waals surface area contributed by atoms with Gasteiger partial charge in [0.1, 0.15) is 18.5 Å². The number of benzene rings is 3. The highest BCUT2D eigenvalue weighted by atomic mass is 79.9. The lowest BCUT2D eigenvalue weighted by atomic mass is 10.1. The molecule has 0 bridgehead atoms. The molecule has 3 heterocycles. The van der Waals surface area contributed by atoms with E-state index in [9.17, 15) is 0 Å². The van der Waals surface area contributed by atoms with E-state index in [4.69, 9.17) is 37.4 Å². The fraction of sp³-hybridized carbons (Fsp3) is 0.333. The Kier molecular flexibility index (Phi) is 9.52. The molecule has 43 heavy (non-hydrogen) atoms. The Bertz CT molecular complexity index is 1530. The molecule has 2 saturated heterocycles. The van der Waals surface area contributed by atoms with Crippen molar-refractivity contribution in [1.82, 2.24) is 14.9 Å². The third-order valence-corrected chi connectivity index (χ3v) is 9.09. The van der Waals surface area contributed by atoms with Gasteiger partial charge in [-0.2, -0.15) is 0 Å². The number of hydrogen-bond donors (Lipinski definition) is 0. The average molecular weight is 684 g/mol. The molecule has 2 atom stereocenters. The molecule has 0 unspecified atom stereocenters. The van der Waals surface area contributed by atoms with E-state index >= 15 is 0 Å². The highest BCUT2D eigenvalue weighted by Crippen LogP contribution is 2.40. The van der Waals surface area contributed by atoms with Gasteiger partial charge in [0.05, 0.1) is 17.0 Å². The van der Waals surface area contributed by atoms with Gasteiger partial charge in [0, 0.05) is 66.5 Å². The van der Waals surface area contributed by atoms with Crippen LogP contribution in [0.15, 0.2) is 79.0 Å². The molecule has 1 aromatic heterocycles. The molecule has 3 aromatic carbocycles. The van der Waals surface area contributed by atoms with Crippen molar-refractivity contribution in [2.24, 2.45) is 0 Å². The third kappa shape index (κ3) is 7.17. The molecule has 0 amide bonds. The Morgan fingerprint density at radius 3 is 2.44 bits per heavy atom. The summed E-state index contributed by atoms with van der Waals surface area (Å²) in [7, 11) is 0. The Morgan fingerprint density at radius 1 is 0.977 bits per heavy atom. The normalized spacial score (nSPS) is 20.8. The highest BCUT2D eigenvalue weighted by Gasteiger charge is 2.44. The predicted molar refractivity (Wildman–Crippen MR) is 174 cm³/mol. The van der Waals surface area contributed by atoms with Crippen molar-refractivity contribution in [3.63, 3.8) is 0 Å². The van der Waals surface area contributed by atoms with Gasteiger partial charge in [0.15, 0.2) is 5.82 Å². The Balaban J connectivity index is 0.969. The van der Waals surface area contributed by atoms with Crippen molar-refractivity contribution in [1.29, 1.82) is 0 Å². The highest BCUT2D eigenvalue weighted by molar-refractivity contribution is 9.09. The van der Waals surface area contributed by atoms with Crippen LogP contribution in [-0.2, 0) is 21.8 Å². The first-order valence-corrected chi connectivity index (χ1v) is 16.2. The topological polar surface area (TPSA) is 60.0 Å². The maximum absolute atomic E-state index is 6.44. The lowest BCUT2D eigenvalue weighted by molar-refractivity contribution is -0.159. The van der Waals surface area contributed by atoms with Gasteiger partial charge >= 0.3 is 0 Å². The molecule has 6 rings (SSSR count). The first-order valence-electron chi connectivity index (χ1n) is 14.3. The molecule has 2 fully saturated rings. The van der Waals surface area contributed by atoms with Crippen LogP contribution in [0.3, 0.4) is 0 Å². The number of halogens is 3. The first kappa shape index (κ1) is 30.3. The first-order chi connectivity index (χ1) is 20.9. The SMILES string of the molecule is Cc1ccnc(-c2ccc(CN3CCN(c4ccc(OC[C@@H]5CO[C@@](CBr)(c6ccc(Cl)cc6Cl)O5)cc4)CC3)cc2)n1. The number of piperazine rings is 1. The summed E-state index contributed by atoms with van der Waals surface area (Å²) in [5.74, 6) is 0.599. The van der Waals surface area contributed by atoms with Crippen molar-refractivity contribution < 1.29 is 14.2 Å². The maximum atomic E-state index is 6.44. The summed E-state index contributed by atoms with van der Waals surface area (Å²) in [5, 5.41) is 1.51. The third-order valence-electron chi connectivity index (χ3n) is 7.80. The fourth-order valence-electron chi connectivity index (χ4n) is 5.44. The monoisotopic (exact) mass is 682 g/mol. The van der Waals surface area contributed by atoms with Gasteiger partial charge in [0.25, 0.3) is 0 Å². The van der Waals surface area contributed by atoms with Gasteiger partial charge in [-0.3, -0.25) is 4.90 Å². The average Bonchev–Trinajstić information content (AvgIpc) is 3.45. The molecule has 2 aliphatic heterocycles. The predicted octanol–water partition coefficient (Wildman–Crippen LogP) is 7.12. The summed E-state index contributed by atoms with van der Waals surface area (Å²) in [6.45, 7) is 7.66. The van der Waals surface area contributed by atoms with Crippen LogP contribution in [0, 0.1) is 6.92 Å². The lowest BCUT2D eigenvalue weighted by Gasteiger charge is -2.36. The standard InChI is InChI=1S/C33H33BrCl2N4O3/c1-23-12-13-37-32(38-23)25-4-2-24(3-5-25)19-39-14-16-40(17-15-39)27-7-9-28(10-8-27)41-20-29-21-42-33(22-34,43-29)30-11-6-26(35)18-31(30)36/h2-13,18,29H,14-17,19-22H2,1H3/t29-,33-/m1/s1. The van der Waals surface area contributed by atoms with Gasteiger partial charge in [-0.1, -0.05) is 69.5 Å².